The summed E-state index contributed by atoms with van der Waals surface area (Å²) in [6.45, 7) is 10.7. The van der Waals surface area contributed by atoms with Crippen LogP contribution in [-0.2, 0) is 11.8 Å². The predicted octanol–water partition coefficient (Wildman–Crippen LogP) is 4.72. The summed E-state index contributed by atoms with van der Waals surface area (Å²) in [7, 11) is 0. The summed E-state index contributed by atoms with van der Waals surface area (Å²) >= 11 is 0. The van der Waals surface area contributed by atoms with Gasteiger partial charge in [0.2, 0.25) is 0 Å². The van der Waals surface area contributed by atoms with Gasteiger partial charge in [-0.3, -0.25) is 0 Å². The minimum absolute atomic E-state index is 0.200. The molecule has 0 unspecified atom stereocenters. The maximum Gasteiger partial charge on any atom is 0.0336 e. The van der Waals surface area contributed by atoms with E-state index in [9.17, 15) is 0 Å². The van der Waals surface area contributed by atoms with E-state index >= 15 is 0 Å². The maximum absolute atomic E-state index is 8.06. The third-order valence-corrected chi connectivity index (χ3v) is 3.78. The molecule has 0 bridgehead atoms. The summed E-state index contributed by atoms with van der Waals surface area (Å²) in [6.07, 6.45) is 5.87. The van der Waals surface area contributed by atoms with Crippen LogP contribution in [0.2, 0.25) is 0 Å². The Kier molecular flexibility index (Phi) is 7.66. The standard InChI is InChI=1S/C19H32N2/c1-5-6-7-8-13-21-15-18(20)14-16-9-11-17(12-10-16)19(2,3)4/h9-12,20-21H,5-8,13-15H2,1-4H3. The highest BCUT2D eigenvalue weighted by Gasteiger charge is 2.12. The molecule has 0 radical (unpaired) electrons. The number of hydrogen-bond donors (Lipinski definition) is 2. The molecule has 0 aromatic heterocycles. The van der Waals surface area contributed by atoms with Crippen molar-refractivity contribution in [1.82, 2.24) is 5.32 Å². The first kappa shape index (κ1) is 17.9. The van der Waals surface area contributed by atoms with Gasteiger partial charge in [0, 0.05) is 18.7 Å². The lowest BCUT2D eigenvalue weighted by Gasteiger charge is -2.19. The van der Waals surface area contributed by atoms with E-state index in [2.05, 4.69) is 57.3 Å². The molecule has 0 saturated heterocycles. The molecule has 1 aromatic rings. The SMILES string of the molecule is CCCCCCNCC(=N)Cc1ccc(C(C)(C)C)cc1. The Morgan fingerprint density at radius 3 is 2.29 bits per heavy atom. The highest BCUT2D eigenvalue weighted by molar-refractivity contribution is 5.85. The lowest BCUT2D eigenvalue weighted by molar-refractivity contribution is 0.590. The van der Waals surface area contributed by atoms with Crippen LogP contribution in [0.1, 0.15) is 64.5 Å². The van der Waals surface area contributed by atoms with Crippen molar-refractivity contribution in [1.29, 1.82) is 5.41 Å². The molecule has 0 aliphatic heterocycles. The van der Waals surface area contributed by atoms with E-state index in [0.717, 1.165) is 18.7 Å². The smallest absolute Gasteiger partial charge is 0.0336 e. The zero-order valence-corrected chi connectivity index (χ0v) is 14.3. The third-order valence-electron chi connectivity index (χ3n) is 3.78. The Morgan fingerprint density at radius 1 is 1.05 bits per heavy atom. The van der Waals surface area contributed by atoms with Crippen molar-refractivity contribution < 1.29 is 0 Å². The Morgan fingerprint density at radius 2 is 1.71 bits per heavy atom. The van der Waals surface area contributed by atoms with Crippen molar-refractivity contribution in [3.63, 3.8) is 0 Å². The van der Waals surface area contributed by atoms with E-state index in [-0.39, 0.29) is 5.41 Å². The largest absolute Gasteiger partial charge is 0.311 e. The first-order valence-electron chi connectivity index (χ1n) is 8.30. The number of hydrogen-bond acceptors (Lipinski definition) is 2. The molecule has 0 heterocycles. The molecule has 2 N–H and O–H groups in total. The monoisotopic (exact) mass is 288 g/mol. The van der Waals surface area contributed by atoms with Crippen LogP contribution in [0.3, 0.4) is 0 Å². The number of benzene rings is 1. The minimum atomic E-state index is 0.200. The van der Waals surface area contributed by atoms with E-state index in [0.29, 0.717) is 6.54 Å². The van der Waals surface area contributed by atoms with E-state index in [1.54, 1.807) is 0 Å². The lowest BCUT2D eigenvalue weighted by Crippen LogP contribution is -2.24. The predicted molar refractivity (Wildman–Crippen MR) is 93.6 cm³/mol. The van der Waals surface area contributed by atoms with Crippen LogP contribution in [0.15, 0.2) is 24.3 Å². The van der Waals surface area contributed by atoms with E-state index in [1.807, 2.05) is 0 Å². The van der Waals surface area contributed by atoms with E-state index in [4.69, 9.17) is 5.41 Å². The number of unbranched alkanes of at least 4 members (excludes halogenated alkanes) is 3. The number of nitrogens with one attached hydrogen (secondary N) is 2. The van der Waals surface area contributed by atoms with Gasteiger partial charge < -0.3 is 10.7 Å². The van der Waals surface area contributed by atoms with Crippen molar-refractivity contribution in [2.75, 3.05) is 13.1 Å². The summed E-state index contributed by atoms with van der Waals surface area (Å²) in [5.74, 6) is 0. The summed E-state index contributed by atoms with van der Waals surface area (Å²) < 4.78 is 0. The highest BCUT2D eigenvalue weighted by Crippen LogP contribution is 2.22. The van der Waals surface area contributed by atoms with Crippen LogP contribution >= 0.6 is 0 Å². The molecule has 118 valence electrons. The minimum Gasteiger partial charge on any atom is -0.311 e. The quantitative estimate of drug-likeness (QED) is 0.501. The second-order valence-electron chi connectivity index (χ2n) is 6.96. The molecule has 1 aromatic carbocycles. The van der Waals surface area contributed by atoms with Gasteiger partial charge in [-0.15, -0.1) is 0 Å². The van der Waals surface area contributed by atoms with Gasteiger partial charge >= 0.3 is 0 Å². The molecule has 0 spiro atoms. The van der Waals surface area contributed by atoms with Crippen LogP contribution in [0, 0.1) is 5.41 Å². The average Bonchev–Trinajstić information content (AvgIpc) is 2.42. The highest BCUT2D eigenvalue weighted by atomic mass is 14.9. The Bertz CT molecular complexity index is 412. The fraction of sp³-hybridized carbons (Fsp3) is 0.632. The first-order valence-corrected chi connectivity index (χ1v) is 8.30. The summed E-state index contributed by atoms with van der Waals surface area (Å²) in [4.78, 5) is 0. The first-order chi connectivity index (χ1) is 9.93. The van der Waals surface area contributed by atoms with E-state index < -0.39 is 0 Å². The normalized spacial score (nSPS) is 11.6. The van der Waals surface area contributed by atoms with Gasteiger partial charge in [0.1, 0.15) is 0 Å². The zero-order chi connectivity index (χ0) is 15.7. The molecular weight excluding hydrogens is 256 g/mol. The van der Waals surface area contributed by atoms with Crippen LogP contribution in [0.25, 0.3) is 0 Å². The van der Waals surface area contributed by atoms with E-state index in [1.165, 1.54) is 36.8 Å². The summed E-state index contributed by atoms with van der Waals surface area (Å²) in [5, 5.41) is 11.4. The van der Waals surface area contributed by atoms with Crippen molar-refractivity contribution in [2.24, 2.45) is 0 Å². The molecule has 2 nitrogen and oxygen atoms in total. The molecular formula is C19H32N2. The van der Waals surface area contributed by atoms with Gasteiger partial charge in [-0.1, -0.05) is 71.2 Å². The fourth-order valence-corrected chi connectivity index (χ4v) is 2.35. The molecule has 1 rings (SSSR count). The lowest BCUT2D eigenvalue weighted by atomic mass is 9.86. The van der Waals surface area contributed by atoms with Crippen LogP contribution in [-0.4, -0.2) is 18.8 Å². The number of rotatable bonds is 9. The van der Waals surface area contributed by atoms with Gasteiger partial charge in [-0.2, -0.15) is 0 Å². The van der Waals surface area contributed by atoms with Crippen LogP contribution < -0.4 is 5.32 Å². The Balaban J connectivity index is 2.28. The molecule has 0 amide bonds. The Hall–Kier alpha value is -1.15. The third kappa shape index (κ3) is 7.42. The molecule has 0 fully saturated rings. The zero-order valence-electron chi connectivity index (χ0n) is 14.3. The van der Waals surface area contributed by atoms with Crippen molar-refractivity contribution in [2.45, 2.75) is 65.2 Å². The van der Waals surface area contributed by atoms with Gasteiger partial charge in [0.15, 0.2) is 0 Å². The molecule has 21 heavy (non-hydrogen) atoms. The molecule has 0 saturated carbocycles. The van der Waals surface area contributed by atoms with Gasteiger partial charge in [0.05, 0.1) is 0 Å². The Labute approximate surface area is 130 Å². The van der Waals surface area contributed by atoms with Gasteiger partial charge in [-0.25, -0.2) is 0 Å². The van der Waals surface area contributed by atoms with Gasteiger partial charge in [0.25, 0.3) is 0 Å². The maximum atomic E-state index is 8.06. The van der Waals surface area contributed by atoms with Crippen LogP contribution in [0.5, 0.6) is 0 Å². The van der Waals surface area contributed by atoms with Crippen LogP contribution in [0.4, 0.5) is 0 Å². The molecule has 0 aliphatic rings. The fourth-order valence-electron chi connectivity index (χ4n) is 2.35. The van der Waals surface area contributed by atoms with Gasteiger partial charge in [-0.05, 0) is 29.5 Å². The summed E-state index contributed by atoms with van der Waals surface area (Å²) in [6, 6.07) is 8.72. The second kappa shape index (κ2) is 8.99. The topological polar surface area (TPSA) is 35.9 Å². The van der Waals surface area contributed by atoms with Crippen molar-refractivity contribution >= 4 is 5.71 Å². The average molecular weight is 288 g/mol. The summed E-state index contributed by atoms with van der Waals surface area (Å²) in [5.41, 5.74) is 3.56. The molecule has 0 aliphatic carbocycles. The second-order valence-corrected chi connectivity index (χ2v) is 6.96. The molecule has 0 atom stereocenters. The molecule has 2 heteroatoms. The van der Waals surface area contributed by atoms with Crippen molar-refractivity contribution in [3.8, 4) is 0 Å². The van der Waals surface area contributed by atoms with Crippen molar-refractivity contribution in [3.05, 3.63) is 35.4 Å².